The standard InChI is InChI=1S/C16H22N2O/c1-3-4-5-9-15(17)14-11-18(12(2)19)16-10-7-6-8-13(14)16/h6-8,10-11,15H,3-5,9,17H2,1-2H3/t15-/m1/s1. The van der Waals surface area contributed by atoms with E-state index in [1.165, 1.54) is 12.8 Å². The van der Waals surface area contributed by atoms with Gasteiger partial charge in [0.1, 0.15) is 0 Å². The number of fused-ring (bicyclic) bond motifs is 1. The molecule has 1 aromatic heterocycles. The topological polar surface area (TPSA) is 48.0 Å². The first-order chi connectivity index (χ1) is 9.15. The Balaban J connectivity index is 2.35. The summed E-state index contributed by atoms with van der Waals surface area (Å²) in [7, 11) is 0. The predicted octanol–water partition coefficient (Wildman–Crippen LogP) is 3.88. The second kappa shape index (κ2) is 6.02. The fourth-order valence-electron chi connectivity index (χ4n) is 2.53. The summed E-state index contributed by atoms with van der Waals surface area (Å²) in [6.45, 7) is 3.77. The van der Waals surface area contributed by atoms with Crippen LogP contribution in [0.15, 0.2) is 30.5 Å². The minimum Gasteiger partial charge on any atom is -0.324 e. The number of carbonyl (C=O) groups is 1. The van der Waals surface area contributed by atoms with Crippen LogP contribution in [0.2, 0.25) is 0 Å². The summed E-state index contributed by atoms with van der Waals surface area (Å²) in [5.74, 6) is 0.0307. The molecule has 0 aliphatic carbocycles. The van der Waals surface area contributed by atoms with Crippen LogP contribution in [0.25, 0.3) is 10.9 Å². The van der Waals surface area contributed by atoms with Gasteiger partial charge in [-0.05, 0) is 18.1 Å². The number of nitrogens with zero attached hydrogens (tertiary/aromatic N) is 1. The number of carbonyl (C=O) groups excluding carboxylic acids is 1. The zero-order valence-corrected chi connectivity index (χ0v) is 11.7. The van der Waals surface area contributed by atoms with E-state index in [1.807, 2.05) is 30.5 Å². The van der Waals surface area contributed by atoms with E-state index >= 15 is 0 Å². The third-order valence-corrected chi connectivity index (χ3v) is 3.60. The Morgan fingerprint density at radius 2 is 2.05 bits per heavy atom. The van der Waals surface area contributed by atoms with Crippen LogP contribution < -0.4 is 5.73 Å². The molecule has 0 saturated heterocycles. The van der Waals surface area contributed by atoms with Crippen LogP contribution in [-0.2, 0) is 0 Å². The van der Waals surface area contributed by atoms with E-state index in [0.29, 0.717) is 0 Å². The van der Waals surface area contributed by atoms with Gasteiger partial charge >= 0.3 is 0 Å². The molecule has 0 unspecified atom stereocenters. The lowest BCUT2D eigenvalue weighted by molar-refractivity contribution is 0.0941. The molecule has 0 aliphatic heterocycles. The van der Waals surface area contributed by atoms with Crippen LogP contribution in [0, 0.1) is 0 Å². The highest BCUT2D eigenvalue weighted by atomic mass is 16.1. The Hall–Kier alpha value is -1.61. The van der Waals surface area contributed by atoms with Crippen LogP contribution in [0.4, 0.5) is 0 Å². The van der Waals surface area contributed by atoms with Crippen LogP contribution in [-0.4, -0.2) is 10.5 Å². The van der Waals surface area contributed by atoms with Crippen molar-refractivity contribution >= 4 is 16.8 Å². The van der Waals surface area contributed by atoms with Crippen molar-refractivity contribution in [3.63, 3.8) is 0 Å². The third kappa shape index (κ3) is 2.87. The van der Waals surface area contributed by atoms with Crippen molar-refractivity contribution in [2.75, 3.05) is 0 Å². The molecule has 1 atom stereocenters. The number of hydrogen-bond acceptors (Lipinski definition) is 2. The summed E-state index contributed by atoms with van der Waals surface area (Å²) in [4.78, 5) is 11.7. The lowest BCUT2D eigenvalue weighted by atomic mass is 10.0. The maximum atomic E-state index is 11.7. The van der Waals surface area contributed by atoms with Gasteiger partial charge in [0.25, 0.3) is 0 Å². The molecule has 0 bridgehead atoms. The van der Waals surface area contributed by atoms with E-state index in [4.69, 9.17) is 5.73 Å². The SMILES string of the molecule is CCCCC[C@@H](N)c1cn(C(C)=O)c2ccccc12. The second-order valence-corrected chi connectivity index (χ2v) is 5.09. The van der Waals surface area contributed by atoms with E-state index in [2.05, 4.69) is 6.92 Å². The summed E-state index contributed by atoms with van der Waals surface area (Å²) in [5.41, 5.74) is 8.33. The van der Waals surface area contributed by atoms with Gasteiger partial charge in [0.2, 0.25) is 5.91 Å². The molecule has 0 fully saturated rings. The van der Waals surface area contributed by atoms with Gasteiger partial charge in [-0.3, -0.25) is 9.36 Å². The molecule has 3 nitrogen and oxygen atoms in total. The van der Waals surface area contributed by atoms with E-state index in [1.54, 1.807) is 11.5 Å². The highest BCUT2D eigenvalue weighted by Gasteiger charge is 2.15. The monoisotopic (exact) mass is 258 g/mol. The van der Waals surface area contributed by atoms with Crippen LogP contribution in [0.5, 0.6) is 0 Å². The molecule has 0 saturated carbocycles. The van der Waals surface area contributed by atoms with Crippen LogP contribution in [0.3, 0.4) is 0 Å². The van der Waals surface area contributed by atoms with Gasteiger partial charge in [0.05, 0.1) is 5.52 Å². The molecule has 102 valence electrons. The number of hydrogen-bond donors (Lipinski definition) is 1. The molecule has 2 rings (SSSR count). The fraction of sp³-hybridized carbons (Fsp3) is 0.438. The molecule has 19 heavy (non-hydrogen) atoms. The maximum Gasteiger partial charge on any atom is 0.227 e. The lowest BCUT2D eigenvalue weighted by Gasteiger charge is -2.10. The van der Waals surface area contributed by atoms with Gasteiger partial charge in [-0.2, -0.15) is 0 Å². The Labute approximate surface area is 114 Å². The lowest BCUT2D eigenvalue weighted by Crippen LogP contribution is -2.10. The molecular formula is C16H22N2O. The number of rotatable bonds is 5. The highest BCUT2D eigenvalue weighted by molar-refractivity contribution is 5.93. The minimum absolute atomic E-state index is 0.0112. The summed E-state index contributed by atoms with van der Waals surface area (Å²) in [6.07, 6.45) is 6.42. The van der Waals surface area contributed by atoms with Crippen molar-refractivity contribution in [1.29, 1.82) is 0 Å². The average Bonchev–Trinajstić information content (AvgIpc) is 2.78. The number of nitrogens with two attached hydrogens (primary N) is 1. The average molecular weight is 258 g/mol. The van der Waals surface area contributed by atoms with Gasteiger partial charge in [-0.25, -0.2) is 0 Å². The van der Waals surface area contributed by atoms with Crippen molar-refractivity contribution in [2.24, 2.45) is 5.73 Å². The summed E-state index contributed by atoms with van der Waals surface area (Å²) >= 11 is 0. The Morgan fingerprint density at radius 1 is 1.32 bits per heavy atom. The number of unbranched alkanes of at least 4 members (excludes halogenated alkanes) is 2. The van der Waals surface area contributed by atoms with Crippen LogP contribution >= 0.6 is 0 Å². The third-order valence-electron chi connectivity index (χ3n) is 3.60. The molecule has 3 heteroatoms. The predicted molar refractivity (Wildman–Crippen MR) is 79.3 cm³/mol. The first-order valence-corrected chi connectivity index (χ1v) is 7.01. The Bertz CT molecular complexity index is 571. The maximum absolute atomic E-state index is 11.7. The van der Waals surface area contributed by atoms with Gasteiger partial charge in [0.15, 0.2) is 0 Å². The molecule has 0 aliphatic rings. The zero-order valence-electron chi connectivity index (χ0n) is 11.7. The highest BCUT2D eigenvalue weighted by Crippen LogP contribution is 2.28. The van der Waals surface area contributed by atoms with Crippen LogP contribution in [0.1, 0.15) is 55.9 Å². The first kappa shape index (κ1) is 13.8. The smallest absolute Gasteiger partial charge is 0.227 e. The Morgan fingerprint density at radius 3 is 2.74 bits per heavy atom. The summed E-state index contributed by atoms with van der Waals surface area (Å²) in [5, 5.41) is 1.10. The first-order valence-electron chi connectivity index (χ1n) is 7.01. The van der Waals surface area contributed by atoms with Gasteiger partial charge in [-0.15, -0.1) is 0 Å². The summed E-state index contributed by atoms with van der Waals surface area (Å²) < 4.78 is 1.70. The van der Waals surface area contributed by atoms with Crippen molar-refractivity contribution in [2.45, 2.75) is 45.6 Å². The van der Waals surface area contributed by atoms with Gasteiger partial charge < -0.3 is 5.73 Å². The van der Waals surface area contributed by atoms with E-state index in [9.17, 15) is 4.79 Å². The minimum atomic E-state index is 0.0112. The molecule has 2 N–H and O–H groups in total. The van der Waals surface area contributed by atoms with E-state index in [0.717, 1.165) is 29.3 Å². The molecule has 0 spiro atoms. The fourth-order valence-corrected chi connectivity index (χ4v) is 2.53. The molecule has 1 heterocycles. The molecule has 2 aromatic rings. The molecular weight excluding hydrogens is 236 g/mol. The number of para-hydroxylation sites is 1. The largest absolute Gasteiger partial charge is 0.324 e. The number of benzene rings is 1. The molecule has 0 amide bonds. The van der Waals surface area contributed by atoms with Crippen molar-refractivity contribution < 1.29 is 4.79 Å². The molecule has 0 radical (unpaired) electrons. The second-order valence-electron chi connectivity index (χ2n) is 5.09. The normalized spacial score (nSPS) is 12.8. The molecule has 1 aromatic carbocycles. The number of aromatic nitrogens is 1. The van der Waals surface area contributed by atoms with Gasteiger partial charge in [0, 0.05) is 24.5 Å². The quantitative estimate of drug-likeness (QED) is 0.827. The zero-order chi connectivity index (χ0) is 13.8. The van der Waals surface area contributed by atoms with Crippen molar-refractivity contribution in [1.82, 2.24) is 4.57 Å². The van der Waals surface area contributed by atoms with Gasteiger partial charge in [-0.1, -0.05) is 44.4 Å². The summed E-state index contributed by atoms with van der Waals surface area (Å²) in [6, 6.07) is 7.98. The van der Waals surface area contributed by atoms with E-state index in [-0.39, 0.29) is 11.9 Å². The van der Waals surface area contributed by atoms with Crippen molar-refractivity contribution in [3.8, 4) is 0 Å². The Kier molecular flexibility index (Phi) is 4.38. The van der Waals surface area contributed by atoms with Crippen molar-refractivity contribution in [3.05, 3.63) is 36.0 Å². The van der Waals surface area contributed by atoms with E-state index < -0.39 is 0 Å².